The third kappa shape index (κ3) is 5.96. The summed E-state index contributed by atoms with van der Waals surface area (Å²) in [4.78, 5) is 40.3. The molecule has 0 saturated heterocycles. The maximum atomic E-state index is 14.4. The minimum absolute atomic E-state index is 0.0473. The fraction of sp³-hybridized carbons (Fsp3) is 0.111. The Kier molecular flexibility index (Phi) is 8.06. The van der Waals surface area contributed by atoms with Crippen molar-refractivity contribution >= 4 is 40.6 Å². The zero-order valence-corrected chi connectivity index (χ0v) is 21.4. The number of phenols is 1. The minimum Gasteiger partial charge on any atom is -0.508 e. The summed E-state index contributed by atoms with van der Waals surface area (Å²) in [5.41, 5.74) is 11.9. The Hall–Kier alpha value is -4.97. The molecule has 6 N–H and O–H groups in total. The van der Waals surface area contributed by atoms with E-state index in [1.165, 1.54) is 42.5 Å². The second-order valence-corrected chi connectivity index (χ2v) is 9.13. The van der Waals surface area contributed by atoms with E-state index in [0.29, 0.717) is 22.8 Å². The van der Waals surface area contributed by atoms with E-state index in [2.05, 4.69) is 9.69 Å². The van der Waals surface area contributed by atoms with Gasteiger partial charge in [0, 0.05) is 12.2 Å². The zero-order valence-electron chi connectivity index (χ0n) is 20.6. The number of anilines is 2. The molecule has 4 aromatic rings. The molecule has 0 saturated carbocycles. The molecule has 0 aliphatic rings. The minimum atomic E-state index is -1.34. The van der Waals surface area contributed by atoms with Gasteiger partial charge in [-0.05, 0) is 65.1 Å². The predicted molar refractivity (Wildman–Crippen MR) is 144 cm³/mol. The number of nitrogen functional groups attached to an aromatic ring is 1. The lowest BCUT2D eigenvalue weighted by atomic mass is 10.0. The lowest BCUT2D eigenvalue weighted by Crippen LogP contribution is -2.44. The van der Waals surface area contributed by atoms with Crippen LogP contribution in [-0.4, -0.2) is 34.3 Å². The Bertz CT molecular complexity index is 1510. The Morgan fingerprint density at radius 2 is 1.79 bits per heavy atom. The zero-order chi connectivity index (χ0) is 28.1. The summed E-state index contributed by atoms with van der Waals surface area (Å²) in [5.74, 6) is -2.39. The first-order chi connectivity index (χ1) is 18.7. The molecule has 0 fully saturated rings. The number of aromatic hydroxyl groups is 1. The number of methoxy groups -OCH3 is 1. The van der Waals surface area contributed by atoms with Crippen LogP contribution in [0.1, 0.15) is 37.3 Å². The van der Waals surface area contributed by atoms with Crippen molar-refractivity contribution in [2.24, 2.45) is 5.73 Å². The number of hydrogen-bond donors (Lipinski definition) is 4. The molecule has 0 radical (unpaired) electrons. The molecule has 3 aromatic carbocycles. The number of phenolic OH excluding ortho intramolecular Hbond substituents is 1. The SMILES string of the molecule is COc1ccc(CNC(=O)[C@H](c2ccc(O)cc2)N(C(=O)c2snc(C(N)=O)c2N)c2cccc(F)c2)cc1. The Labute approximate surface area is 226 Å². The van der Waals surface area contributed by atoms with Crippen molar-refractivity contribution in [1.29, 1.82) is 0 Å². The number of carbonyl (C=O) groups excluding carboxylic acids is 3. The lowest BCUT2D eigenvalue weighted by molar-refractivity contribution is -0.122. The van der Waals surface area contributed by atoms with Crippen molar-refractivity contribution in [1.82, 2.24) is 9.69 Å². The van der Waals surface area contributed by atoms with Crippen molar-refractivity contribution in [3.8, 4) is 11.5 Å². The predicted octanol–water partition coefficient (Wildman–Crippen LogP) is 3.38. The molecule has 0 unspecified atom stereocenters. The van der Waals surface area contributed by atoms with Crippen molar-refractivity contribution in [2.75, 3.05) is 17.7 Å². The van der Waals surface area contributed by atoms with Crippen molar-refractivity contribution < 1.29 is 28.6 Å². The molecular formula is C27H24FN5O5S. The van der Waals surface area contributed by atoms with Crippen LogP contribution in [0.25, 0.3) is 0 Å². The van der Waals surface area contributed by atoms with Crippen LogP contribution in [0.15, 0.2) is 72.8 Å². The maximum Gasteiger partial charge on any atom is 0.273 e. The summed E-state index contributed by atoms with van der Waals surface area (Å²) in [6.45, 7) is 0.108. The molecule has 0 spiro atoms. The van der Waals surface area contributed by atoms with Gasteiger partial charge in [0.2, 0.25) is 5.91 Å². The van der Waals surface area contributed by atoms with Crippen LogP contribution < -0.4 is 26.4 Å². The van der Waals surface area contributed by atoms with Crippen LogP contribution in [0.4, 0.5) is 15.8 Å². The van der Waals surface area contributed by atoms with Crippen LogP contribution in [-0.2, 0) is 11.3 Å². The van der Waals surface area contributed by atoms with Gasteiger partial charge < -0.3 is 26.6 Å². The number of nitrogens with one attached hydrogen (secondary N) is 1. The first-order valence-corrected chi connectivity index (χ1v) is 12.3. The Morgan fingerprint density at radius 1 is 1.10 bits per heavy atom. The summed E-state index contributed by atoms with van der Waals surface area (Å²) < 4.78 is 23.4. The van der Waals surface area contributed by atoms with Gasteiger partial charge in [-0.25, -0.2) is 4.39 Å². The number of carbonyl (C=O) groups is 3. The topological polar surface area (TPSA) is 161 Å². The number of nitrogens with zero attached hydrogens (tertiary/aromatic N) is 2. The highest BCUT2D eigenvalue weighted by Gasteiger charge is 2.36. The number of hydrogen-bond acceptors (Lipinski definition) is 8. The molecule has 200 valence electrons. The third-order valence-corrected chi connectivity index (χ3v) is 6.65. The van der Waals surface area contributed by atoms with Gasteiger partial charge in [-0.15, -0.1) is 0 Å². The standard InChI is InChI=1S/C27H24FN5O5S/c1-38-20-11-5-15(6-12-20)14-31-26(36)23(16-7-9-19(34)10-8-16)33(18-4-2-3-17(28)13-18)27(37)24-21(29)22(25(30)35)32-39-24/h2-13,23,34H,14,29H2,1H3,(H2,30,35)(H,31,36)/t23-/m0/s1. The van der Waals surface area contributed by atoms with Crippen LogP contribution in [0, 0.1) is 5.82 Å². The Morgan fingerprint density at radius 3 is 2.38 bits per heavy atom. The van der Waals surface area contributed by atoms with Crippen LogP contribution in [0.3, 0.4) is 0 Å². The molecule has 0 bridgehead atoms. The second-order valence-electron chi connectivity index (χ2n) is 8.35. The fourth-order valence-electron chi connectivity index (χ4n) is 3.85. The van der Waals surface area contributed by atoms with E-state index in [9.17, 15) is 23.9 Å². The van der Waals surface area contributed by atoms with E-state index in [0.717, 1.165) is 16.5 Å². The normalized spacial score (nSPS) is 11.4. The van der Waals surface area contributed by atoms with Gasteiger partial charge in [-0.3, -0.25) is 19.3 Å². The van der Waals surface area contributed by atoms with E-state index in [1.807, 2.05) is 0 Å². The summed E-state index contributed by atoms with van der Waals surface area (Å²) in [7, 11) is 1.54. The molecule has 4 rings (SSSR count). The molecule has 0 aliphatic heterocycles. The monoisotopic (exact) mass is 549 g/mol. The number of rotatable bonds is 9. The average Bonchev–Trinajstić information content (AvgIpc) is 3.32. The van der Waals surface area contributed by atoms with Gasteiger partial charge in [0.25, 0.3) is 11.8 Å². The molecule has 1 atom stereocenters. The van der Waals surface area contributed by atoms with Crippen molar-refractivity contribution in [3.63, 3.8) is 0 Å². The largest absolute Gasteiger partial charge is 0.508 e. The summed E-state index contributed by atoms with van der Waals surface area (Å²) >= 11 is 0.636. The van der Waals surface area contributed by atoms with E-state index >= 15 is 0 Å². The number of aromatic nitrogens is 1. The third-order valence-electron chi connectivity index (χ3n) is 5.80. The van der Waals surface area contributed by atoms with Gasteiger partial charge in [0.1, 0.15) is 28.2 Å². The van der Waals surface area contributed by atoms with Crippen LogP contribution in [0.2, 0.25) is 0 Å². The quantitative estimate of drug-likeness (QED) is 0.249. The first-order valence-electron chi connectivity index (χ1n) is 11.5. The van der Waals surface area contributed by atoms with E-state index in [4.69, 9.17) is 16.2 Å². The smallest absolute Gasteiger partial charge is 0.273 e. The molecule has 3 amide bonds. The molecule has 0 aliphatic carbocycles. The summed E-state index contributed by atoms with van der Waals surface area (Å²) in [6.07, 6.45) is 0. The average molecular weight is 550 g/mol. The van der Waals surface area contributed by atoms with E-state index in [1.54, 1.807) is 31.4 Å². The molecule has 1 heterocycles. The first kappa shape index (κ1) is 27.1. The van der Waals surface area contributed by atoms with Gasteiger partial charge in [0.05, 0.1) is 12.8 Å². The maximum absolute atomic E-state index is 14.4. The molecule has 12 heteroatoms. The highest BCUT2D eigenvalue weighted by atomic mass is 32.1. The number of amides is 3. The number of primary amides is 1. The van der Waals surface area contributed by atoms with Gasteiger partial charge in [-0.1, -0.05) is 30.3 Å². The molecule has 1 aromatic heterocycles. The number of benzene rings is 3. The van der Waals surface area contributed by atoms with Gasteiger partial charge in [-0.2, -0.15) is 4.37 Å². The Balaban J connectivity index is 1.79. The summed E-state index contributed by atoms with van der Waals surface area (Å²) in [5, 5.41) is 12.6. The summed E-state index contributed by atoms with van der Waals surface area (Å²) in [6, 6.07) is 16.5. The number of nitrogens with two attached hydrogens (primary N) is 2. The van der Waals surface area contributed by atoms with Gasteiger partial charge in [0.15, 0.2) is 5.69 Å². The number of halogens is 1. The molecule has 10 nitrogen and oxygen atoms in total. The van der Waals surface area contributed by atoms with E-state index in [-0.39, 0.29) is 34.2 Å². The lowest BCUT2D eigenvalue weighted by Gasteiger charge is -2.31. The fourth-order valence-corrected chi connectivity index (χ4v) is 4.59. The van der Waals surface area contributed by atoms with Crippen LogP contribution >= 0.6 is 11.5 Å². The van der Waals surface area contributed by atoms with E-state index < -0.39 is 29.6 Å². The highest BCUT2D eigenvalue weighted by molar-refractivity contribution is 7.09. The molecule has 39 heavy (non-hydrogen) atoms. The highest BCUT2D eigenvalue weighted by Crippen LogP contribution is 2.34. The van der Waals surface area contributed by atoms with Crippen molar-refractivity contribution in [3.05, 3.63) is 100 Å². The van der Waals surface area contributed by atoms with Crippen molar-refractivity contribution in [2.45, 2.75) is 12.6 Å². The molecular weight excluding hydrogens is 525 g/mol. The second kappa shape index (κ2) is 11.6. The van der Waals surface area contributed by atoms with Gasteiger partial charge >= 0.3 is 0 Å². The number of ether oxygens (including phenoxy) is 1. The van der Waals surface area contributed by atoms with Crippen LogP contribution in [0.5, 0.6) is 11.5 Å².